The van der Waals surface area contributed by atoms with Crippen molar-refractivity contribution in [3.63, 3.8) is 0 Å². The Bertz CT molecular complexity index is 121. The molecule has 0 N–H and O–H groups in total. The first-order valence-electron chi connectivity index (χ1n) is 3.20. The van der Waals surface area contributed by atoms with Crippen LogP contribution in [-0.2, 0) is 9.53 Å². The summed E-state index contributed by atoms with van der Waals surface area (Å²) >= 11 is 3.24. The Kier molecular flexibility index (Phi) is 6.59. The van der Waals surface area contributed by atoms with E-state index in [-0.39, 0.29) is 5.97 Å². The highest BCUT2D eigenvalue weighted by Gasteiger charge is 1.90. The van der Waals surface area contributed by atoms with Crippen molar-refractivity contribution >= 4 is 21.9 Å². The van der Waals surface area contributed by atoms with Gasteiger partial charge < -0.3 is 4.74 Å². The molecule has 0 rings (SSSR count). The number of rotatable bonds is 4. The molecule has 0 aliphatic rings. The monoisotopic (exact) mass is 206 g/mol. The molecular formula is C7H11BrO2. The fourth-order valence-electron chi connectivity index (χ4n) is 0.433. The SMILES string of the molecule is CCOC(=O)C=CCCBr. The van der Waals surface area contributed by atoms with Gasteiger partial charge in [-0.1, -0.05) is 22.0 Å². The van der Waals surface area contributed by atoms with Crippen molar-refractivity contribution in [2.75, 3.05) is 11.9 Å². The zero-order chi connectivity index (χ0) is 7.82. The summed E-state index contributed by atoms with van der Waals surface area (Å²) in [5.74, 6) is -0.261. The molecule has 2 nitrogen and oxygen atoms in total. The van der Waals surface area contributed by atoms with Crippen LogP contribution in [0.3, 0.4) is 0 Å². The van der Waals surface area contributed by atoms with E-state index in [4.69, 9.17) is 0 Å². The van der Waals surface area contributed by atoms with Crippen LogP contribution < -0.4 is 0 Å². The summed E-state index contributed by atoms with van der Waals surface area (Å²) in [6, 6.07) is 0. The molecule has 0 unspecified atom stereocenters. The van der Waals surface area contributed by atoms with Crippen molar-refractivity contribution in [3.05, 3.63) is 12.2 Å². The third-order valence-electron chi connectivity index (χ3n) is 0.816. The van der Waals surface area contributed by atoms with Gasteiger partial charge in [-0.3, -0.25) is 0 Å². The number of esters is 1. The molecule has 0 saturated heterocycles. The first-order valence-corrected chi connectivity index (χ1v) is 4.32. The molecule has 0 aliphatic carbocycles. The van der Waals surface area contributed by atoms with Gasteiger partial charge in [0.15, 0.2) is 0 Å². The Hall–Kier alpha value is -0.310. The highest BCUT2D eigenvalue weighted by Crippen LogP contribution is 1.89. The van der Waals surface area contributed by atoms with Gasteiger partial charge in [0.25, 0.3) is 0 Å². The van der Waals surface area contributed by atoms with Gasteiger partial charge in [0.1, 0.15) is 0 Å². The minimum Gasteiger partial charge on any atom is -0.463 e. The number of carbonyl (C=O) groups is 1. The van der Waals surface area contributed by atoms with E-state index in [0.717, 1.165) is 11.8 Å². The topological polar surface area (TPSA) is 26.3 Å². The zero-order valence-corrected chi connectivity index (χ0v) is 7.56. The molecule has 0 aromatic carbocycles. The predicted octanol–water partition coefficient (Wildman–Crippen LogP) is 1.89. The lowest BCUT2D eigenvalue weighted by atomic mass is 10.4. The van der Waals surface area contributed by atoms with Crippen LogP contribution in [0.25, 0.3) is 0 Å². The smallest absolute Gasteiger partial charge is 0.330 e. The molecule has 3 heteroatoms. The average molecular weight is 207 g/mol. The van der Waals surface area contributed by atoms with E-state index in [0.29, 0.717) is 6.61 Å². The lowest BCUT2D eigenvalue weighted by Crippen LogP contribution is -1.98. The van der Waals surface area contributed by atoms with Crippen molar-refractivity contribution in [1.82, 2.24) is 0 Å². The van der Waals surface area contributed by atoms with Crippen molar-refractivity contribution in [1.29, 1.82) is 0 Å². The molecule has 0 fully saturated rings. The number of ether oxygens (including phenoxy) is 1. The van der Waals surface area contributed by atoms with E-state index in [1.807, 2.05) is 0 Å². The molecule has 0 radical (unpaired) electrons. The molecule has 0 bridgehead atoms. The molecule has 0 aromatic rings. The largest absolute Gasteiger partial charge is 0.463 e. The normalized spacial score (nSPS) is 10.2. The van der Waals surface area contributed by atoms with Crippen LogP contribution in [0.2, 0.25) is 0 Å². The number of alkyl halides is 1. The van der Waals surface area contributed by atoms with Gasteiger partial charge in [-0.2, -0.15) is 0 Å². The van der Waals surface area contributed by atoms with Crippen molar-refractivity contribution < 1.29 is 9.53 Å². The number of hydrogen-bond donors (Lipinski definition) is 0. The Labute approximate surface area is 69.4 Å². The summed E-state index contributed by atoms with van der Waals surface area (Å²) in [4.78, 5) is 10.6. The lowest BCUT2D eigenvalue weighted by Gasteiger charge is -1.92. The van der Waals surface area contributed by atoms with Gasteiger partial charge in [-0.15, -0.1) is 0 Å². The molecule has 0 saturated carbocycles. The van der Waals surface area contributed by atoms with Crippen LogP contribution in [0.4, 0.5) is 0 Å². The van der Waals surface area contributed by atoms with Crippen LogP contribution in [0.1, 0.15) is 13.3 Å². The van der Waals surface area contributed by atoms with Crippen LogP contribution >= 0.6 is 15.9 Å². The van der Waals surface area contributed by atoms with Gasteiger partial charge in [-0.25, -0.2) is 4.79 Å². The third-order valence-corrected chi connectivity index (χ3v) is 1.27. The summed E-state index contributed by atoms with van der Waals surface area (Å²) in [5, 5.41) is 0.878. The molecule has 10 heavy (non-hydrogen) atoms. The second-order valence-electron chi connectivity index (χ2n) is 1.63. The molecule has 0 aliphatic heterocycles. The molecule has 58 valence electrons. The van der Waals surface area contributed by atoms with Crippen LogP contribution in [0, 0.1) is 0 Å². The van der Waals surface area contributed by atoms with E-state index in [1.54, 1.807) is 13.0 Å². The first kappa shape index (κ1) is 9.69. The van der Waals surface area contributed by atoms with Gasteiger partial charge >= 0.3 is 5.97 Å². The van der Waals surface area contributed by atoms with E-state index in [1.165, 1.54) is 6.08 Å². The van der Waals surface area contributed by atoms with Crippen LogP contribution in [-0.4, -0.2) is 17.9 Å². The molecule has 0 amide bonds. The number of halogens is 1. The second-order valence-corrected chi connectivity index (χ2v) is 2.43. The summed E-state index contributed by atoms with van der Waals surface area (Å²) in [7, 11) is 0. The van der Waals surface area contributed by atoms with E-state index >= 15 is 0 Å². The minimum atomic E-state index is -0.261. The van der Waals surface area contributed by atoms with Gasteiger partial charge in [0.05, 0.1) is 6.61 Å². The highest BCUT2D eigenvalue weighted by molar-refractivity contribution is 9.09. The van der Waals surface area contributed by atoms with E-state index in [9.17, 15) is 4.79 Å². The standard InChI is InChI=1S/C7H11BrO2/c1-2-10-7(9)5-3-4-6-8/h3,5H,2,4,6H2,1H3. The fraction of sp³-hybridized carbons (Fsp3) is 0.571. The van der Waals surface area contributed by atoms with Crippen molar-refractivity contribution in [2.24, 2.45) is 0 Å². The minimum absolute atomic E-state index is 0.261. The molecule has 0 heterocycles. The average Bonchev–Trinajstić information content (AvgIpc) is 1.89. The Balaban J connectivity index is 3.36. The molecule has 0 spiro atoms. The number of hydrogen-bond acceptors (Lipinski definition) is 2. The predicted molar refractivity (Wildman–Crippen MR) is 44.2 cm³/mol. The highest BCUT2D eigenvalue weighted by atomic mass is 79.9. The Morgan fingerprint density at radius 2 is 2.40 bits per heavy atom. The molecule has 0 atom stereocenters. The fourth-order valence-corrected chi connectivity index (χ4v) is 0.697. The Morgan fingerprint density at radius 3 is 2.90 bits per heavy atom. The Morgan fingerprint density at radius 1 is 1.70 bits per heavy atom. The lowest BCUT2D eigenvalue weighted by molar-refractivity contribution is -0.137. The number of allylic oxidation sites excluding steroid dienone is 1. The van der Waals surface area contributed by atoms with E-state index < -0.39 is 0 Å². The van der Waals surface area contributed by atoms with Gasteiger partial charge in [0.2, 0.25) is 0 Å². The van der Waals surface area contributed by atoms with Crippen molar-refractivity contribution in [3.8, 4) is 0 Å². The summed E-state index contributed by atoms with van der Waals surface area (Å²) in [6.45, 7) is 2.23. The van der Waals surface area contributed by atoms with E-state index in [2.05, 4.69) is 20.7 Å². The van der Waals surface area contributed by atoms with Crippen molar-refractivity contribution in [2.45, 2.75) is 13.3 Å². The first-order chi connectivity index (χ1) is 4.81. The zero-order valence-electron chi connectivity index (χ0n) is 5.97. The van der Waals surface area contributed by atoms with Crippen LogP contribution in [0.15, 0.2) is 12.2 Å². The quantitative estimate of drug-likeness (QED) is 0.399. The maximum absolute atomic E-state index is 10.6. The summed E-state index contributed by atoms with van der Waals surface area (Å²) in [5.41, 5.74) is 0. The van der Waals surface area contributed by atoms with Gasteiger partial charge in [-0.05, 0) is 13.3 Å². The van der Waals surface area contributed by atoms with Gasteiger partial charge in [0, 0.05) is 11.4 Å². The second kappa shape index (κ2) is 6.81. The summed E-state index contributed by atoms with van der Waals surface area (Å²) < 4.78 is 4.65. The summed E-state index contributed by atoms with van der Waals surface area (Å²) in [6.07, 6.45) is 4.09. The maximum atomic E-state index is 10.6. The van der Waals surface area contributed by atoms with Crippen LogP contribution in [0.5, 0.6) is 0 Å². The maximum Gasteiger partial charge on any atom is 0.330 e. The third kappa shape index (κ3) is 5.82. The molecular weight excluding hydrogens is 196 g/mol. The molecule has 0 aromatic heterocycles. The number of carbonyl (C=O) groups excluding carboxylic acids is 1.